The van der Waals surface area contributed by atoms with Crippen LogP contribution in [-0.4, -0.2) is 35.6 Å². The second kappa shape index (κ2) is 10.0. The van der Waals surface area contributed by atoms with E-state index in [1.807, 2.05) is 48.5 Å². The average Bonchev–Trinajstić information content (AvgIpc) is 3.61. The van der Waals surface area contributed by atoms with Crippen molar-refractivity contribution in [3.8, 4) is 22.8 Å². The van der Waals surface area contributed by atoms with Crippen LogP contribution in [-0.2, 0) is 13.0 Å². The maximum atomic E-state index is 6.05. The van der Waals surface area contributed by atoms with Crippen molar-refractivity contribution in [1.82, 2.24) is 29.9 Å². The van der Waals surface area contributed by atoms with E-state index in [1.54, 1.807) is 30.4 Å². The van der Waals surface area contributed by atoms with Crippen LogP contribution in [0.1, 0.15) is 18.1 Å². The predicted octanol–water partition coefficient (Wildman–Crippen LogP) is 5.41. The number of rotatable bonds is 9. The molecule has 0 aliphatic rings. The van der Waals surface area contributed by atoms with Gasteiger partial charge in [0.1, 0.15) is 5.76 Å². The molecule has 0 unspecified atom stereocenters. The van der Waals surface area contributed by atoms with Gasteiger partial charge in [0.15, 0.2) is 11.0 Å². The topological polar surface area (TPSA) is 95.7 Å². The number of thioether (sulfide) groups is 1. The normalized spacial score (nSPS) is 11.2. The van der Waals surface area contributed by atoms with Gasteiger partial charge in [-0.3, -0.25) is 9.55 Å². The molecule has 0 saturated carbocycles. The van der Waals surface area contributed by atoms with Gasteiger partial charge in [-0.25, -0.2) is 0 Å². The third-order valence-electron chi connectivity index (χ3n) is 4.89. The second-order valence-corrected chi connectivity index (χ2v) is 8.68. The Morgan fingerprint density at radius 1 is 0.970 bits per heavy atom. The molecule has 0 spiro atoms. The lowest BCUT2D eigenvalue weighted by Gasteiger charge is -2.09. The molecule has 0 aliphatic heterocycles. The zero-order valence-electron chi connectivity index (χ0n) is 17.5. The van der Waals surface area contributed by atoms with Crippen LogP contribution in [0.25, 0.3) is 22.8 Å². The summed E-state index contributed by atoms with van der Waals surface area (Å²) in [5, 5.41) is 14.4. The number of nitrogens with zero attached hydrogens (tertiary/aromatic N) is 6. The van der Waals surface area contributed by atoms with E-state index in [0.717, 1.165) is 40.0 Å². The molecule has 166 valence electrons. The molecule has 33 heavy (non-hydrogen) atoms. The van der Waals surface area contributed by atoms with E-state index in [4.69, 9.17) is 20.5 Å². The van der Waals surface area contributed by atoms with Crippen LogP contribution in [0.3, 0.4) is 0 Å². The summed E-state index contributed by atoms with van der Waals surface area (Å²) in [7, 11) is 0. The van der Waals surface area contributed by atoms with Crippen LogP contribution in [0.4, 0.5) is 0 Å². The molecule has 0 amide bonds. The van der Waals surface area contributed by atoms with E-state index >= 15 is 0 Å². The molecular weight excluding hydrogens is 460 g/mol. The van der Waals surface area contributed by atoms with Gasteiger partial charge >= 0.3 is 0 Å². The number of furan rings is 1. The first kappa shape index (κ1) is 21.4. The van der Waals surface area contributed by atoms with Crippen molar-refractivity contribution in [2.75, 3.05) is 5.75 Å². The van der Waals surface area contributed by atoms with Crippen LogP contribution >= 0.6 is 23.4 Å². The van der Waals surface area contributed by atoms with Crippen molar-refractivity contribution in [3.63, 3.8) is 0 Å². The van der Waals surface area contributed by atoms with Gasteiger partial charge in [-0.1, -0.05) is 28.5 Å². The first-order valence-corrected chi connectivity index (χ1v) is 11.7. The third-order valence-corrected chi connectivity index (χ3v) is 6.19. The summed E-state index contributed by atoms with van der Waals surface area (Å²) >= 11 is 7.68. The number of hydrogen-bond acceptors (Lipinski definition) is 8. The quantitative estimate of drug-likeness (QED) is 0.205. The molecule has 1 aromatic carbocycles. The molecule has 0 radical (unpaired) electrons. The minimum absolute atomic E-state index is 0.541. The van der Waals surface area contributed by atoms with Crippen molar-refractivity contribution in [2.45, 2.75) is 24.5 Å². The fourth-order valence-electron chi connectivity index (χ4n) is 3.27. The van der Waals surface area contributed by atoms with Gasteiger partial charge in [0.25, 0.3) is 0 Å². The number of pyridine rings is 1. The zero-order chi connectivity index (χ0) is 22.5. The van der Waals surface area contributed by atoms with E-state index in [-0.39, 0.29) is 0 Å². The van der Waals surface area contributed by atoms with Crippen LogP contribution in [0.2, 0.25) is 5.02 Å². The fraction of sp³-hybridized carbons (Fsp3) is 0.174. The molecule has 0 saturated heterocycles. The van der Waals surface area contributed by atoms with Crippen LogP contribution < -0.4 is 0 Å². The molecule has 5 aromatic rings. The first-order chi connectivity index (χ1) is 16.3. The van der Waals surface area contributed by atoms with Gasteiger partial charge < -0.3 is 8.94 Å². The molecule has 0 fully saturated rings. The summed E-state index contributed by atoms with van der Waals surface area (Å²) in [4.78, 5) is 8.48. The van der Waals surface area contributed by atoms with E-state index in [9.17, 15) is 0 Å². The third kappa shape index (κ3) is 5.15. The highest BCUT2D eigenvalue weighted by Crippen LogP contribution is 2.27. The Bertz CT molecular complexity index is 1300. The lowest BCUT2D eigenvalue weighted by molar-refractivity contribution is 0.378. The van der Waals surface area contributed by atoms with Gasteiger partial charge in [0, 0.05) is 40.7 Å². The molecule has 0 N–H and O–H groups in total. The number of halogens is 1. The Morgan fingerprint density at radius 2 is 1.82 bits per heavy atom. The molecule has 0 atom stereocenters. The highest BCUT2D eigenvalue weighted by atomic mass is 35.5. The highest BCUT2D eigenvalue weighted by molar-refractivity contribution is 7.99. The Hall–Kier alpha value is -3.43. The number of aromatic nitrogens is 6. The molecular formula is C23H19ClN6O2S. The minimum Gasteiger partial charge on any atom is -0.467 e. The first-order valence-electron chi connectivity index (χ1n) is 10.3. The smallest absolute Gasteiger partial charge is 0.226 e. The van der Waals surface area contributed by atoms with E-state index in [2.05, 4.69) is 29.9 Å². The summed E-state index contributed by atoms with van der Waals surface area (Å²) in [5.74, 6) is 3.61. The van der Waals surface area contributed by atoms with Crippen LogP contribution in [0.5, 0.6) is 0 Å². The van der Waals surface area contributed by atoms with Gasteiger partial charge in [0.2, 0.25) is 11.7 Å². The number of hydrogen-bond donors (Lipinski definition) is 0. The summed E-state index contributed by atoms with van der Waals surface area (Å²) in [5.41, 5.74) is 1.83. The van der Waals surface area contributed by atoms with E-state index < -0.39 is 0 Å². The van der Waals surface area contributed by atoms with Gasteiger partial charge in [-0.15, -0.1) is 10.2 Å². The number of benzene rings is 1. The minimum atomic E-state index is 0.541. The van der Waals surface area contributed by atoms with Crippen molar-refractivity contribution >= 4 is 23.4 Å². The molecule has 10 heteroatoms. The van der Waals surface area contributed by atoms with Gasteiger partial charge in [-0.05, 0) is 55.0 Å². The fourth-order valence-corrected chi connectivity index (χ4v) is 4.27. The second-order valence-electron chi connectivity index (χ2n) is 7.18. The van der Waals surface area contributed by atoms with Crippen LogP contribution in [0.15, 0.2) is 81.3 Å². The summed E-state index contributed by atoms with van der Waals surface area (Å²) in [6.45, 7) is 0.541. The number of aryl methyl sites for hydroxylation is 1. The lowest BCUT2D eigenvalue weighted by atomic mass is 10.2. The van der Waals surface area contributed by atoms with Crippen molar-refractivity contribution in [3.05, 3.63) is 83.9 Å². The van der Waals surface area contributed by atoms with Crippen LogP contribution in [0, 0.1) is 0 Å². The lowest BCUT2D eigenvalue weighted by Crippen LogP contribution is -2.04. The van der Waals surface area contributed by atoms with Crippen molar-refractivity contribution in [2.24, 2.45) is 0 Å². The summed E-state index contributed by atoms with van der Waals surface area (Å²) < 4.78 is 13.0. The zero-order valence-corrected chi connectivity index (χ0v) is 19.0. The maximum Gasteiger partial charge on any atom is 0.226 e. The predicted molar refractivity (Wildman–Crippen MR) is 125 cm³/mol. The average molecular weight is 479 g/mol. The maximum absolute atomic E-state index is 6.05. The monoisotopic (exact) mass is 478 g/mol. The Morgan fingerprint density at radius 3 is 2.61 bits per heavy atom. The molecule has 8 nitrogen and oxygen atoms in total. The Balaban J connectivity index is 1.25. The highest BCUT2D eigenvalue weighted by Gasteiger charge is 2.16. The SMILES string of the molecule is Clc1ccc(-c2nnc(SCCCc3nc(-c4ccncc4)no3)n2Cc2ccco2)cc1. The largest absolute Gasteiger partial charge is 0.467 e. The molecule has 0 bridgehead atoms. The molecule has 0 aliphatic carbocycles. The van der Waals surface area contributed by atoms with Gasteiger partial charge in [0.05, 0.1) is 12.8 Å². The Kier molecular flexibility index (Phi) is 6.50. The van der Waals surface area contributed by atoms with Gasteiger partial charge in [-0.2, -0.15) is 4.98 Å². The Labute approximate surface area is 199 Å². The van der Waals surface area contributed by atoms with Crippen molar-refractivity contribution in [1.29, 1.82) is 0 Å². The molecule has 4 heterocycles. The van der Waals surface area contributed by atoms with E-state index in [0.29, 0.717) is 29.7 Å². The summed E-state index contributed by atoms with van der Waals surface area (Å²) in [6.07, 6.45) is 6.62. The molecule has 4 aromatic heterocycles. The standard InChI is InChI=1S/C23H19ClN6O2S/c24-18-7-5-17(6-8-18)22-27-28-23(30(22)15-19-3-1-13-31-19)33-14-2-4-20-26-21(29-32-20)16-9-11-25-12-10-16/h1,3,5-13H,2,4,14-15H2. The van der Waals surface area contributed by atoms with E-state index in [1.165, 1.54) is 0 Å². The summed E-state index contributed by atoms with van der Waals surface area (Å²) in [6, 6.07) is 15.1. The van der Waals surface area contributed by atoms with Crippen molar-refractivity contribution < 1.29 is 8.94 Å². The molecule has 5 rings (SSSR count).